The lowest BCUT2D eigenvalue weighted by molar-refractivity contribution is 0.564. The summed E-state index contributed by atoms with van der Waals surface area (Å²) in [7, 11) is 0. The lowest BCUT2D eigenvalue weighted by Gasteiger charge is -2.28. The van der Waals surface area contributed by atoms with E-state index < -0.39 is 0 Å². The molecule has 0 aliphatic carbocycles. The van der Waals surface area contributed by atoms with Crippen molar-refractivity contribution in [2.24, 2.45) is 9.98 Å². The number of hydrogen-bond acceptors (Lipinski definition) is 4. The average Bonchev–Trinajstić information content (AvgIpc) is 2.67. The maximum absolute atomic E-state index is 11.4. The zero-order valence-electron chi connectivity index (χ0n) is 17.6. The summed E-state index contributed by atoms with van der Waals surface area (Å²) in [5.74, 6) is 0.483. The van der Waals surface area contributed by atoms with E-state index in [1.807, 2.05) is 18.2 Å². The Morgan fingerprint density at radius 3 is 1.89 bits per heavy atom. The van der Waals surface area contributed by atoms with Crippen LogP contribution in [0.2, 0.25) is 0 Å². The molecule has 146 valence electrons. The molecule has 0 bridgehead atoms. The predicted molar refractivity (Wildman–Crippen MR) is 114 cm³/mol. The zero-order chi connectivity index (χ0) is 20.8. The molecule has 0 fully saturated rings. The van der Waals surface area contributed by atoms with Crippen LogP contribution in [0.1, 0.15) is 75.6 Å². The van der Waals surface area contributed by atoms with Gasteiger partial charge in [-0.05, 0) is 53.0 Å². The summed E-state index contributed by atoms with van der Waals surface area (Å²) in [5, 5.41) is 0. The van der Waals surface area contributed by atoms with Crippen molar-refractivity contribution in [2.45, 2.75) is 66.2 Å². The van der Waals surface area contributed by atoms with Crippen molar-refractivity contribution in [1.82, 2.24) is 0 Å². The Kier molecular flexibility index (Phi) is 7.23. The minimum atomic E-state index is 0.182. The van der Waals surface area contributed by atoms with Crippen molar-refractivity contribution in [3.8, 4) is 11.1 Å². The van der Waals surface area contributed by atoms with E-state index in [1.165, 1.54) is 11.1 Å². The third kappa shape index (κ3) is 3.89. The number of benzene rings is 2. The molecule has 0 atom stereocenters. The van der Waals surface area contributed by atoms with E-state index in [-0.39, 0.29) is 5.92 Å². The fourth-order valence-electron chi connectivity index (χ4n) is 4.20. The summed E-state index contributed by atoms with van der Waals surface area (Å²) in [4.78, 5) is 30.5. The third-order valence-electron chi connectivity index (χ3n) is 5.13. The Morgan fingerprint density at radius 1 is 0.821 bits per heavy atom. The maximum Gasteiger partial charge on any atom is 0.240 e. The maximum atomic E-state index is 11.4. The van der Waals surface area contributed by atoms with E-state index >= 15 is 0 Å². The number of hydrogen-bond donors (Lipinski definition) is 0. The lowest BCUT2D eigenvalue weighted by Crippen LogP contribution is -2.10. The van der Waals surface area contributed by atoms with Gasteiger partial charge in [0, 0.05) is 11.1 Å². The highest BCUT2D eigenvalue weighted by molar-refractivity contribution is 5.91. The Bertz CT molecular complexity index is 961. The van der Waals surface area contributed by atoms with Gasteiger partial charge in [-0.2, -0.15) is 9.98 Å². The van der Waals surface area contributed by atoms with Crippen LogP contribution >= 0.6 is 0 Å². The summed E-state index contributed by atoms with van der Waals surface area (Å²) in [6, 6.07) is 7.45. The zero-order valence-corrected chi connectivity index (χ0v) is 17.6. The van der Waals surface area contributed by atoms with Crippen LogP contribution in [0.25, 0.3) is 11.1 Å². The highest BCUT2D eigenvalue weighted by atomic mass is 16.1. The van der Waals surface area contributed by atoms with Crippen LogP contribution in [0.3, 0.4) is 0 Å². The van der Waals surface area contributed by atoms with Crippen LogP contribution < -0.4 is 0 Å². The predicted octanol–water partition coefficient (Wildman–Crippen LogP) is 6.66. The molecule has 4 heteroatoms. The van der Waals surface area contributed by atoms with Crippen molar-refractivity contribution in [2.75, 3.05) is 0 Å². The van der Waals surface area contributed by atoms with Crippen LogP contribution in [0.5, 0.6) is 0 Å². The van der Waals surface area contributed by atoms with E-state index in [0.29, 0.717) is 17.3 Å². The first kappa shape index (κ1) is 21.5. The van der Waals surface area contributed by atoms with E-state index in [9.17, 15) is 9.59 Å². The topological polar surface area (TPSA) is 58.9 Å². The van der Waals surface area contributed by atoms with Crippen LogP contribution in [0.4, 0.5) is 11.4 Å². The number of rotatable bonds is 7. The SMILES string of the molecule is CCc1c(CC)c(C(C)C)c(C(C)C)c(N=C=O)c1-c1ccccc1N=C=O. The molecule has 0 radical (unpaired) electrons. The van der Waals surface area contributed by atoms with Crippen molar-refractivity contribution >= 4 is 23.5 Å². The molecule has 0 unspecified atom stereocenters. The monoisotopic (exact) mass is 376 g/mol. The minimum absolute atomic E-state index is 0.182. The molecule has 2 rings (SSSR count). The molecule has 0 spiro atoms. The molecular formula is C24H28N2O2. The van der Waals surface area contributed by atoms with Crippen LogP contribution in [0, 0.1) is 0 Å². The first-order valence-corrected chi connectivity index (χ1v) is 9.89. The molecule has 0 aromatic heterocycles. The summed E-state index contributed by atoms with van der Waals surface area (Å²) in [6.45, 7) is 12.9. The first-order chi connectivity index (χ1) is 13.4. The fourth-order valence-corrected chi connectivity index (χ4v) is 4.20. The van der Waals surface area contributed by atoms with Gasteiger partial charge in [-0.15, -0.1) is 0 Å². The Morgan fingerprint density at radius 2 is 1.39 bits per heavy atom. The summed E-state index contributed by atoms with van der Waals surface area (Å²) in [6.07, 6.45) is 5.08. The van der Waals surface area contributed by atoms with E-state index in [0.717, 1.165) is 35.1 Å². The molecule has 0 saturated heterocycles. The van der Waals surface area contributed by atoms with Crippen LogP contribution in [0.15, 0.2) is 34.3 Å². The van der Waals surface area contributed by atoms with Gasteiger partial charge in [0.2, 0.25) is 12.2 Å². The van der Waals surface area contributed by atoms with Crippen molar-refractivity contribution in [3.05, 3.63) is 46.5 Å². The second-order valence-corrected chi connectivity index (χ2v) is 7.45. The number of isocyanates is 2. The van der Waals surface area contributed by atoms with E-state index in [4.69, 9.17) is 0 Å². The Labute approximate surface area is 167 Å². The largest absolute Gasteiger partial charge is 0.240 e. The molecule has 2 aromatic rings. The average molecular weight is 377 g/mol. The van der Waals surface area contributed by atoms with E-state index in [1.54, 1.807) is 18.2 Å². The summed E-state index contributed by atoms with van der Waals surface area (Å²) < 4.78 is 0. The van der Waals surface area contributed by atoms with Gasteiger partial charge in [0.25, 0.3) is 0 Å². The van der Waals surface area contributed by atoms with Gasteiger partial charge in [0.15, 0.2) is 0 Å². The van der Waals surface area contributed by atoms with E-state index in [2.05, 4.69) is 51.5 Å². The second kappa shape index (κ2) is 9.41. The number of para-hydroxylation sites is 1. The standard InChI is InChI=1S/C24H28N2O2/c1-7-17-18(8-2)23(19-11-9-10-12-20(19)25-13-27)24(26-14-28)22(16(5)6)21(17)15(3)4/h9-12,15-16H,7-8H2,1-6H3. The van der Waals surface area contributed by atoms with Gasteiger partial charge in [0.1, 0.15) is 0 Å². The first-order valence-electron chi connectivity index (χ1n) is 9.89. The molecule has 0 heterocycles. The Hall–Kier alpha value is -2.80. The lowest BCUT2D eigenvalue weighted by atomic mass is 9.77. The van der Waals surface area contributed by atoms with Crippen LogP contribution in [-0.2, 0) is 22.4 Å². The molecule has 0 amide bonds. The van der Waals surface area contributed by atoms with Gasteiger partial charge < -0.3 is 0 Å². The molecule has 0 aliphatic heterocycles. The number of aliphatic imine (C=N–C) groups is 2. The van der Waals surface area contributed by atoms with Crippen LogP contribution in [-0.4, -0.2) is 12.2 Å². The van der Waals surface area contributed by atoms with Crippen molar-refractivity contribution < 1.29 is 9.59 Å². The third-order valence-corrected chi connectivity index (χ3v) is 5.13. The quantitative estimate of drug-likeness (QED) is 0.401. The molecule has 4 nitrogen and oxygen atoms in total. The summed E-state index contributed by atoms with van der Waals surface area (Å²) in [5.41, 5.74) is 7.65. The molecule has 0 saturated carbocycles. The Balaban J connectivity index is 3.19. The molecule has 0 N–H and O–H groups in total. The van der Waals surface area contributed by atoms with Gasteiger partial charge in [-0.25, -0.2) is 9.59 Å². The minimum Gasteiger partial charge on any atom is -0.211 e. The number of carbonyl (C=O) groups excluding carboxylic acids is 2. The van der Waals surface area contributed by atoms with Gasteiger partial charge in [0.05, 0.1) is 11.4 Å². The molecular weight excluding hydrogens is 348 g/mol. The number of nitrogens with zero attached hydrogens (tertiary/aromatic N) is 2. The summed E-state index contributed by atoms with van der Waals surface area (Å²) >= 11 is 0. The smallest absolute Gasteiger partial charge is 0.211 e. The normalized spacial score (nSPS) is 10.7. The highest BCUT2D eigenvalue weighted by Gasteiger charge is 2.27. The molecule has 2 aromatic carbocycles. The second-order valence-electron chi connectivity index (χ2n) is 7.45. The fraction of sp³-hybridized carbons (Fsp3) is 0.417. The highest BCUT2D eigenvalue weighted by Crippen LogP contribution is 2.48. The molecule has 0 aliphatic rings. The van der Waals surface area contributed by atoms with Crippen molar-refractivity contribution in [1.29, 1.82) is 0 Å². The van der Waals surface area contributed by atoms with Gasteiger partial charge >= 0.3 is 0 Å². The van der Waals surface area contributed by atoms with Gasteiger partial charge in [-0.3, -0.25) is 0 Å². The van der Waals surface area contributed by atoms with Crippen molar-refractivity contribution in [3.63, 3.8) is 0 Å². The molecule has 28 heavy (non-hydrogen) atoms. The van der Waals surface area contributed by atoms with Gasteiger partial charge in [-0.1, -0.05) is 59.7 Å².